The van der Waals surface area contributed by atoms with Gasteiger partial charge in [0.1, 0.15) is 0 Å². The van der Waals surface area contributed by atoms with Gasteiger partial charge in [-0.1, -0.05) is 50.9 Å². The molecule has 0 N–H and O–H groups in total. The maximum atomic E-state index is 2.60. The summed E-state index contributed by atoms with van der Waals surface area (Å²) in [7, 11) is -0.704. The third kappa shape index (κ3) is 2.62. The summed E-state index contributed by atoms with van der Waals surface area (Å²) in [6.07, 6.45) is 6.23. The molecule has 0 heterocycles. The Morgan fingerprint density at radius 1 is 0.909 bits per heavy atom. The molecule has 11 heavy (non-hydrogen) atoms. The van der Waals surface area contributed by atoms with Crippen LogP contribution in [0.5, 0.6) is 0 Å². The Balaban J connectivity index is 1.75. The first kappa shape index (κ1) is 7.84. The standard InChI is InChI=1S/C10H20Si/c1-11(2,7-9-3-4-9)8-10-5-6-10/h9-10H,3-8H2,1-2H3. The monoisotopic (exact) mass is 168 g/mol. The van der Waals surface area contributed by atoms with Gasteiger partial charge < -0.3 is 0 Å². The van der Waals surface area contributed by atoms with Crippen LogP contribution in [-0.2, 0) is 0 Å². The van der Waals surface area contributed by atoms with Crippen molar-refractivity contribution in [1.29, 1.82) is 0 Å². The molecule has 2 fully saturated rings. The summed E-state index contributed by atoms with van der Waals surface area (Å²) in [6.45, 7) is 5.20. The highest BCUT2D eigenvalue weighted by atomic mass is 28.3. The van der Waals surface area contributed by atoms with Gasteiger partial charge in [-0.05, 0) is 11.8 Å². The molecule has 2 saturated carbocycles. The molecule has 2 aliphatic rings. The van der Waals surface area contributed by atoms with Crippen molar-refractivity contribution in [1.82, 2.24) is 0 Å². The van der Waals surface area contributed by atoms with Gasteiger partial charge in [0.05, 0.1) is 0 Å². The fourth-order valence-electron chi connectivity index (χ4n) is 2.29. The zero-order valence-electron chi connectivity index (χ0n) is 7.90. The van der Waals surface area contributed by atoms with Crippen LogP contribution in [-0.4, -0.2) is 8.07 Å². The van der Waals surface area contributed by atoms with Crippen molar-refractivity contribution in [2.45, 2.75) is 50.9 Å². The van der Waals surface area contributed by atoms with E-state index in [1.165, 1.54) is 11.8 Å². The van der Waals surface area contributed by atoms with Crippen LogP contribution < -0.4 is 0 Å². The summed E-state index contributed by atoms with van der Waals surface area (Å²) in [5.74, 6) is 2.35. The Labute approximate surface area is 71.4 Å². The Hall–Kier alpha value is 0.217. The molecule has 0 nitrogen and oxygen atoms in total. The summed E-state index contributed by atoms with van der Waals surface area (Å²) < 4.78 is 0. The lowest BCUT2D eigenvalue weighted by Gasteiger charge is -2.21. The predicted molar refractivity (Wildman–Crippen MR) is 52.5 cm³/mol. The van der Waals surface area contributed by atoms with E-state index in [4.69, 9.17) is 0 Å². The molecule has 1 heteroatoms. The lowest BCUT2D eigenvalue weighted by atomic mass is 10.5. The molecule has 0 unspecified atom stereocenters. The summed E-state index contributed by atoms with van der Waals surface area (Å²) in [5.41, 5.74) is 0. The molecule has 0 aromatic heterocycles. The molecule has 0 bridgehead atoms. The van der Waals surface area contributed by atoms with E-state index < -0.39 is 8.07 Å². The van der Waals surface area contributed by atoms with Gasteiger partial charge in [-0.15, -0.1) is 0 Å². The number of hydrogen-bond donors (Lipinski definition) is 0. The largest absolute Gasteiger partial charge is 0.0693 e. The van der Waals surface area contributed by atoms with Gasteiger partial charge >= 0.3 is 0 Å². The first-order valence-electron chi connectivity index (χ1n) is 5.16. The Kier molecular flexibility index (Phi) is 1.87. The molecular formula is C10H20Si. The fraction of sp³-hybridized carbons (Fsp3) is 1.00. The minimum atomic E-state index is -0.704. The SMILES string of the molecule is C[Si](C)(CC1CC1)CC1CC1. The van der Waals surface area contributed by atoms with Gasteiger partial charge in [0.25, 0.3) is 0 Å². The van der Waals surface area contributed by atoms with Crippen LogP contribution in [0.15, 0.2) is 0 Å². The van der Waals surface area contributed by atoms with Gasteiger partial charge in [-0.2, -0.15) is 0 Å². The average molecular weight is 168 g/mol. The molecule has 0 aromatic rings. The topological polar surface area (TPSA) is 0 Å². The smallest absolute Gasteiger partial charge is 0.0479 e. The van der Waals surface area contributed by atoms with Crippen LogP contribution in [0.2, 0.25) is 25.2 Å². The van der Waals surface area contributed by atoms with Crippen LogP contribution in [0.3, 0.4) is 0 Å². The van der Waals surface area contributed by atoms with Gasteiger partial charge in [0.2, 0.25) is 0 Å². The highest BCUT2D eigenvalue weighted by Gasteiger charge is 2.35. The molecule has 0 aliphatic heterocycles. The van der Waals surface area contributed by atoms with Gasteiger partial charge in [0.15, 0.2) is 0 Å². The molecule has 0 aromatic carbocycles. The minimum absolute atomic E-state index is 0.704. The summed E-state index contributed by atoms with van der Waals surface area (Å²) in [4.78, 5) is 0. The second-order valence-corrected chi connectivity index (χ2v) is 10.6. The molecule has 0 radical (unpaired) electrons. The van der Waals surface area contributed by atoms with Crippen LogP contribution in [0.25, 0.3) is 0 Å². The number of hydrogen-bond acceptors (Lipinski definition) is 0. The molecule has 0 saturated heterocycles. The van der Waals surface area contributed by atoms with E-state index >= 15 is 0 Å². The third-order valence-electron chi connectivity index (χ3n) is 3.08. The van der Waals surface area contributed by atoms with Crippen LogP contribution in [0, 0.1) is 11.8 Å². The van der Waals surface area contributed by atoms with Crippen LogP contribution in [0.1, 0.15) is 25.7 Å². The van der Waals surface area contributed by atoms with Crippen molar-refractivity contribution in [2.75, 3.05) is 0 Å². The molecule has 0 amide bonds. The lowest BCUT2D eigenvalue weighted by Crippen LogP contribution is -2.26. The Morgan fingerprint density at radius 2 is 1.27 bits per heavy atom. The van der Waals surface area contributed by atoms with Crippen molar-refractivity contribution in [3.05, 3.63) is 0 Å². The summed E-state index contributed by atoms with van der Waals surface area (Å²) >= 11 is 0. The van der Waals surface area contributed by atoms with E-state index in [2.05, 4.69) is 13.1 Å². The molecule has 2 aliphatic carbocycles. The zero-order chi connectivity index (χ0) is 7.90. The van der Waals surface area contributed by atoms with E-state index in [0.29, 0.717) is 0 Å². The maximum absolute atomic E-state index is 2.60. The predicted octanol–water partition coefficient (Wildman–Crippen LogP) is 3.51. The van der Waals surface area contributed by atoms with E-state index in [1.54, 1.807) is 37.8 Å². The minimum Gasteiger partial charge on any atom is -0.0693 e. The van der Waals surface area contributed by atoms with Crippen molar-refractivity contribution < 1.29 is 0 Å². The van der Waals surface area contributed by atoms with Gasteiger partial charge in [-0.25, -0.2) is 0 Å². The van der Waals surface area contributed by atoms with Crippen molar-refractivity contribution in [3.8, 4) is 0 Å². The summed E-state index contributed by atoms with van der Waals surface area (Å²) in [6, 6.07) is 3.28. The van der Waals surface area contributed by atoms with E-state index in [-0.39, 0.29) is 0 Å². The highest BCUT2D eigenvalue weighted by molar-refractivity contribution is 6.77. The average Bonchev–Trinajstić information content (AvgIpc) is 2.60. The third-order valence-corrected chi connectivity index (χ3v) is 6.44. The quantitative estimate of drug-likeness (QED) is 0.563. The molecule has 0 atom stereocenters. The first-order chi connectivity index (χ1) is 5.16. The van der Waals surface area contributed by atoms with Gasteiger partial charge in [-0.3, -0.25) is 0 Å². The van der Waals surface area contributed by atoms with E-state index in [9.17, 15) is 0 Å². The second-order valence-electron chi connectivity index (χ2n) is 5.46. The second kappa shape index (κ2) is 2.62. The lowest BCUT2D eigenvalue weighted by molar-refractivity contribution is 0.886. The van der Waals surface area contributed by atoms with Crippen molar-refractivity contribution >= 4 is 8.07 Å². The normalized spacial score (nSPS) is 25.6. The maximum Gasteiger partial charge on any atom is 0.0479 e. The zero-order valence-corrected chi connectivity index (χ0v) is 8.90. The Bertz CT molecular complexity index is 127. The van der Waals surface area contributed by atoms with E-state index in [1.807, 2.05) is 0 Å². The fourth-order valence-corrected chi connectivity index (χ4v) is 6.40. The summed E-state index contributed by atoms with van der Waals surface area (Å²) in [5, 5.41) is 0. The van der Waals surface area contributed by atoms with Crippen molar-refractivity contribution in [2.24, 2.45) is 11.8 Å². The van der Waals surface area contributed by atoms with Crippen LogP contribution in [0.4, 0.5) is 0 Å². The van der Waals surface area contributed by atoms with Gasteiger partial charge in [0, 0.05) is 8.07 Å². The molecular weight excluding hydrogens is 148 g/mol. The van der Waals surface area contributed by atoms with Crippen LogP contribution >= 0.6 is 0 Å². The Morgan fingerprint density at radius 3 is 1.55 bits per heavy atom. The molecule has 64 valence electrons. The highest BCUT2D eigenvalue weighted by Crippen LogP contribution is 2.43. The van der Waals surface area contributed by atoms with Crippen molar-refractivity contribution in [3.63, 3.8) is 0 Å². The first-order valence-corrected chi connectivity index (χ1v) is 8.57. The molecule has 0 spiro atoms. The molecule has 2 rings (SSSR count). The number of rotatable bonds is 4. The van der Waals surface area contributed by atoms with E-state index in [0.717, 1.165) is 0 Å².